The molecule has 0 atom stereocenters. The van der Waals surface area contributed by atoms with E-state index in [9.17, 15) is 4.79 Å². The fourth-order valence-corrected chi connectivity index (χ4v) is 3.33. The lowest BCUT2D eigenvalue weighted by Crippen LogP contribution is -2.42. The summed E-state index contributed by atoms with van der Waals surface area (Å²) < 4.78 is 5.56. The third-order valence-corrected chi connectivity index (χ3v) is 4.83. The monoisotopic (exact) mass is 325 g/mol. The molecule has 24 heavy (non-hydrogen) atoms. The number of benzene rings is 2. The summed E-state index contributed by atoms with van der Waals surface area (Å²) in [7, 11) is 0. The van der Waals surface area contributed by atoms with E-state index < -0.39 is 5.97 Å². The normalized spacial score (nSPS) is 16.7. The average Bonchev–Trinajstić information content (AvgIpc) is 2.64. The molecule has 2 N–H and O–H groups in total. The van der Waals surface area contributed by atoms with E-state index in [2.05, 4.69) is 29.6 Å². The number of hydrogen-bond donors (Lipinski definition) is 2. The Morgan fingerprint density at radius 1 is 1.04 bits per heavy atom. The Hall–Kier alpha value is -2.17. The van der Waals surface area contributed by atoms with Crippen molar-refractivity contribution in [2.45, 2.75) is 24.8 Å². The molecule has 2 aromatic carbocycles. The lowest BCUT2D eigenvalue weighted by atomic mass is 9.74. The molecular formula is C20H23NO3. The first-order valence-corrected chi connectivity index (χ1v) is 8.36. The van der Waals surface area contributed by atoms with Crippen LogP contribution in [0.15, 0.2) is 54.6 Å². The summed E-state index contributed by atoms with van der Waals surface area (Å²) in [5, 5.41) is 12.5. The molecule has 2 aromatic rings. The minimum atomic E-state index is -0.889. The van der Waals surface area contributed by atoms with Crippen LogP contribution in [0, 0.1) is 0 Å². The standard InChI is InChI=1S/C20H23NO3/c22-19(23)17-8-6-16(7-9-17)14-21-15-20(10-12-24-13-11-20)18-4-2-1-3-5-18/h1-9,21H,10-15H2,(H,22,23). The Bertz CT molecular complexity index is 661. The number of hydrogen-bond acceptors (Lipinski definition) is 3. The highest BCUT2D eigenvalue weighted by atomic mass is 16.5. The van der Waals surface area contributed by atoms with Crippen molar-refractivity contribution in [2.75, 3.05) is 19.8 Å². The third kappa shape index (κ3) is 3.83. The second-order valence-corrected chi connectivity index (χ2v) is 6.36. The van der Waals surface area contributed by atoms with Crippen LogP contribution in [0.1, 0.15) is 34.3 Å². The largest absolute Gasteiger partial charge is 0.478 e. The van der Waals surface area contributed by atoms with Crippen molar-refractivity contribution >= 4 is 5.97 Å². The van der Waals surface area contributed by atoms with Gasteiger partial charge in [-0.3, -0.25) is 0 Å². The molecule has 0 bridgehead atoms. The Kier molecular flexibility index (Phi) is 5.28. The van der Waals surface area contributed by atoms with E-state index in [1.807, 2.05) is 18.2 Å². The Labute approximate surface area is 142 Å². The smallest absolute Gasteiger partial charge is 0.335 e. The van der Waals surface area contributed by atoms with Gasteiger partial charge >= 0.3 is 5.97 Å². The third-order valence-electron chi connectivity index (χ3n) is 4.83. The Morgan fingerprint density at radius 2 is 1.71 bits per heavy atom. The molecule has 0 unspecified atom stereocenters. The van der Waals surface area contributed by atoms with Crippen molar-refractivity contribution in [3.8, 4) is 0 Å². The zero-order chi connectivity index (χ0) is 16.8. The lowest BCUT2D eigenvalue weighted by molar-refractivity contribution is 0.0498. The van der Waals surface area contributed by atoms with Gasteiger partial charge in [0.1, 0.15) is 0 Å². The van der Waals surface area contributed by atoms with Crippen LogP contribution in [-0.4, -0.2) is 30.8 Å². The van der Waals surface area contributed by atoms with Gasteiger partial charge in [-0.15, -0.1) is 0 Å². The van der Waals surface area contributed by atoms with E-state index in [0.29, 0.717) is 5.56 Å². The SMILES string of the molecule is O=C(O)c1ccc(CNCC2(c3ccccc3)CCOCC2)cc1. The van der Waals surface area contributed by atoms with E-state index in [1.165, 1.54) is 5.56 Å². The van der Waals surface area contributed by atoms with Gasteiger partial charge in [0.25, 0.3) is 0 Å². The van der Waals surface area contributed by atoms with Gasteiger partial charge in [0.05, 0.1) is 5.56 Å². The first kappa shape index (κ1) is 16.7. The maximum atomic E-state index is 10.9. The van der Waals surface area contributed by atoms with Gasteiger partial charge in [-0.2, -0.15) is 0 Å². The first-order chi connectivity index (χ1) is 11.7. The number of carboxylic acids is 1. The number of carboxylic acid groups (broad SMARTS) is 1. The summed E-state index contributed by atoms with van der Waals surface area (Å²) in [6.07, 6.45) is 2.03. The molecule has 126 valence electrons. The van der Waals surface area contributed by atoms with Crippen LogP contribution in [0.2, 0.25) is 0 Å². The number of carbonyl (C=O) groups is 1. The van der Waals surface area contributed by atoms with E-state index in [4.69, 9.17) is 9.84 Å². The number of rotatable bonds is 6. The van der Waals surface area contributed by atoms with Gasteiger partial charge < -0.3 is 15.2 Å². The van der Waals surface area contributed by atoms with Gasteiger partial charge in [-0.05, 0) is 36.1 Å². The number of aromatic carboxylic acids is 1. The molecule has 0 aromatic heterocycles. The van der Waals surface area contributed by atoms with Crippen molar-refractivity contribution in [3.05, 3.63) is 71.3 Å². The molecule has 0 spiro atoms. The summed E-state index contributed by atoms with van der Waals surface area (Å²) in [6.45, 7) is 3.21. The molecule has 0 saturated carbocycles. The van der Waals surface area contributed by atoms with E-state index >= 15 is 0 Å². The van der Waals surface area contributed by atoms with Gasteiger partial charge in [-0.25, -0.2) is 4.79 Å². The van der Waals surface area contributed by atoms with Gasteiger partial charge in [0.15, 0.2) is 0 Å². The van der Waals surface area contributed by atoms with Crippen molar-refractivity contribution in [2.24, 2.45) is 0 Å². The summed E-state index contributed by atoms with van der Waals surface area (Å²) in [5.41, 5.74) is 2.89. The summed E-state index contributed by atoms with van der Waals surface area (Å²) in [4.78, 5) is 10.9. The van der Waals surface area contributed by atoms with E-state index in [0.717, 1.165) is 44.7 Å². The van der Waals surface area contributed by atoms with Crippen molar-refractivity contribution in [1.82, 2.24) is 5.32 Å². The molecule has 0 radical (unpaired) electrons. The molecule has 4 nitrogen and oxygen atoms in total. The Morgan fingerprint density at radius 3 is 2.33 bits per heavy atom. The van der Waals surface area contributed by atoms with Crippen molar-refractivity contribution < 1.29 is 14.6 Å². The summed E-state index contributed by atoms with van der Waals surface area (Å²) in [6, 6.07) is 17.7. The number of nitrogens with one attached hydrogen (secondary N) is 1. The second-order valence-electron chi connectivity index (χ2n) is 6.36. The summed E-state index contributed by atoms with van der Waals surface area (Å²) >= 11 is 0. The van der Waals surface area contributed by atoms with Crippen LogP contribution in [0.25, 0.3) is 0 Å². The van der Waals surface area contributed by atoms with Gasteiger partial charge in [0, 0.05) is 31.7 Å². The highest BCUT2D eigenvalue weighted by molar-refractivity contribution is 5.87. The molecule has 4 heteroatoms. The maximum absolute atomic E-state index is 10.9. The van der Waals surface area contributed by atoms with Crippen LogP contribution in [0.5, 0.6) is 0 Å². The van der Waals surface area contributed by atoms with E-state index in [1.54, 1.807) is 12.1 Å². The molecule has 0 aliphatic carbocycles. The molecule has 0 amide bonds. The first-order valence-electron chi connectivity index (χ1n) is 8.36. The minimum absolute atomic E-state index is 0.112. The summed E-state index contributed by atoms with van der Waals surface area (Å²) in [5.74, 6) is -0.889. The topological polar surface area (TPSA) is 58.6 Å². The highest BCUT2D eigenvalue weighted by Gasteiger charge is 2.33. The van der Waals surface area contributed by atoms with Crippen LogP contribution in [0.4, 0.5) is 0 Å². The van der Waals surface area contributed by atoms with Crippen molar-refractivity contribution in [3.63, 3.8) is 0 Å². The zero-order valence-corrected chi connectivity index (χ0v) is 13.7. The fraction of sp³-hybridized carbons (Fsp3) is 0.350. The lowest BCUT2D eigenvalue weighted by Gasteiger charge is -2.38. The van der Waals surface area contributed by atoms with Crippen LogP contribution in [-0.2, 0) is 16.7 Å². The van der Waals surface area contributed by atoms with Crippen LogP contribution >= 0.6 is 0 Å². The number of ether oxygens (including phenoxy) is 1. The second kappa shape index (κ2) is 7.60. The van der Waals surface area contributed by atoms with Gasteiger partial charge in [-0.1, -0.05) is 42.5 Å². The molecular weight excluding hydrogens is 302 g/mol. The molecule has 1 fully saturated rings. The Balaban J connectivity index is 1.65. The molecule has 1 aliphatic rings. The molecule has 3 rings (SSSR count). The quantitative estimate of drug-likeness (QED) is 0.856. The van der Waals surface area contributed by atoms with Crippen LogP contribution in [0.3, 0.4) is 0 Å². The molecule has 1 heterocycles. The molecule has 1 saturated heterocycles. The fourth-order valence-electron chi connectivity index (χ4n) is 3.33. The highest BCUT2D eigenvalue weighted by Crippen LogP contribution is 2.34. The van der Waals surface area contributed by atoms with Crippen LogP contribution < -0.4 is 5.32 Å². The predicted molar refractivity (Wildman–Crippen MR) is 93.3 cm³/mol. The predicted octanol–water partition coefficient (Wildman–Crippen LogP) is 3.22. The van der Waals surface area contributed by atoms with E-state index in [-0.39, 0.29) is 5.41 Å². The minimum Gasteiger partial charge on any atom is -0.478 e. The maximum Gasteiger partial charge on any atom is 0.335 e. The average molecular weight is 325 g/mol. The van der Waals surface area contributed by atoms with Crippen molar-refractivity contribution in [1.29, 1.82) is 0 Å². The molecule has 1 aliphatic heterocycles. The van der Waals surface area contributed by atoms with Gasteiger partial charge in [0.2, 0.25) is 0 Å². The zero-order valence-electron chi connectivity index (χ0n) is 13.7.